The molecular weight excluding hydrogens is 404 g/mol. The Morgan fingerprint density at radius 2 is 1.84 bits per heavy atom. The van der Waals surface area contributed by atoms with Crippen LogP contribution >= 0.6 is 0 Å². The summed E-state index contributed by atoms with van der Waals surface area (Å²) in [6.45, 7) is 2.14. The van der Waals surface area contributed by atoms with Crippen molar-refractivity contribution in [1.82, 2.24) is 4.90 Å². The van der Waals surface area contributed by atoms with Gasteiger partial charge in [0, 0.05) is 31.1 Å². The molecule has 2 fully saturated rings. The van der Waals surface area contributed by atoms with Gasteiger partial charge in [0.25, 0.3) is 11.6 Å². The van der Waals surface area contributed by atoms with Crippen LogP contribution in [0.4, 0.5) is 5.69 Å². The van der Waals surface area contributed by atoms with E-state index in [2.05, 4.69) is 0 Å². The number of piperidine rings is 1. The zero-order valence-corrected chi connectivity index (χ0v) is 17.2. The van der Waals surface area contributed by atoms with Crippen LogP contribution in [0.2, 0.25) is 0 Å². The third-order valence-electron chi connectivity index (χ3n) is 5.47. The first-order valence-electron chi connectivity index (χ1n) is 10.2. The lowest BCUT2D eigenvalue weighted by Crippen LogP contribution is -2.43. The number of hydrogen-bond acceptors (Lipinski definition) is 7. The van der Waals surface area contributed by atoms with Gasteiger partial charge in [-0.05, 0) is 43.2 Å². The summed E-state index contributed by atoms with van der Waals surface area (Å²) >= 11 is 0. The lowest BCUT2D eigenvalue weighted by molar-refractivity contribution is -0.384. The predicted octanol–water partition coefficient (Wildman–Crippen LogP) is 3.62. The molecule has 0 spiro atoms. The predicted molar refractivity (Wildman–Crippen MR) is 110 cm³/mol. The number of nitrogens with zero attached hydrogens (tertiary/aromatic N) is 2. The average molecular weight is 428 g/mol. The lowest BCUT2D eigenvalue weighted by atomic mass is 9.96. The number of nitro benzene ring substituents is 1. The Hall–Kier alpha value is -3.17. The summed E-state index contributed by atoms with van der Waals surface area (Å²) in [5.41, 5.74) is -0.0135. The second-order valence-electron chi connectivity index (χ2n) is 7.48. The maximum absolute atomic E-state index is 13.4. The van der Waals surface area contributed by atoms with E-state index >= 15 is 0 Å². The summed E-state index contributed by atoms with van der Waals surface area (Å²) in [6.07, 6.45) is 1.40. The molecule has 2 saturated heterocycles. The fraction of sp³-hybridized carbons (Fsp3) is 0.409. The molecule has 0 saturated carbocycles. The monoisotopic (exact) mass is 428 g/mol. The number of amides is 1. The van der Waals surface area contributed by atoms with Crippen LogP contribution in [0.5, 0.6) is 17.2 Å². The molecule has 2 heterocycles. The average Bonchev–Trinajstić information content (AvgIpc) is 3.34. The summed E-state index contributed by atoms with van der Waals surface area (Å²) in [6, 6.07) is 10.9. The van der Waals surface area contributed by atoms with E-state index in [1.165, 1.54) is 18.2 Å². The normalized spacial score (nSPS) is 19.3. The van der Waals surface area contributed by atoms with Crippen LogP contribution in [-0.2, 0) is 9.47 Å². The molecule has 0 bridgehead atoms. The van der Waals surface area contributed by atoms with Gasteiger partial charge in [-0.15, -0.1) is 0 Å². The van der Waals surface area contributed by atoms with Crippen molar-refractivity contribution in [3.63, 3.8) is 0 Å². The van der Waals surface area contributed by atoms with Crippen molar-refractivity contribution in [2.24, 2.45) is 5.92 Å². The van der Waals surface area contributed by atoms with Gasteiger partial charge in [0.05, 0.1) is 30.8 Å². The third-order valence-corrected chi connectivity index (χ3v) is 5.47. The molecule has 9 heteroatoms. The number of carbonyl (C=O) groups is 1. The molecule has 0 aromatic heterocycles. The van der Waals surface area contributed by atoms with E-state index in [4.69, 9.17) is 18.9 Å². The Kier molecular flexibility index (Phi) is 6.34. The molecule has 1 atom stereocenters. The van der Waals surface area contributed by atoms with Gasteiger partial charge in [-0.25, -0.2) is 0 Å². The Labute approximate surface area is 179 Å². The van der Waals surface area contributed by atoms with Gasteiger partial charge in [0.1, 0.15) is 17.2 Å². The fourth-order valence-corrected chi connectivity index (χ4v) is 3.89. The minimum Gasteiger partial charge on any atom is -0.497 e. The summed E-state index contributed by atoms with van der Waals surface area (Å²) in [5.74, 6) is 1.19. The standard InChI is InChI=1S/C22H24N2O7/c1-28-17-5-7-18(8-6-17)31-20-9-4-16(24(26)27)13-19(20)21(25)23-10-2-3-15(14-23)22-29-11-12-30-22/h4-9,13,15,22H,2-3,10-12,14H2,1H3. The number of nitro groups is 1. The molecule has 2 aliphatic rings. The lowest BCUT2D eigenvalue weighted by Gasteiger charge is -2.35. The molecule has 0 radical (unpaired) electrons. The van der Waals surface area contributed by atoms with Crippen LogP contribution < -0.4 is 9.47 Å². The summed E-state index contributed by atoms with van der Waals surface area (Å²) in [5, 5.41) is 11.3. The summed E-state index contributed by atoms with van der Waals surface area (Å²) in [7, 11) is 1.57. The topological polar surface area (TPSA) is 100 Å². The first kappa shape index (κ1) is 21.1. The largest absolute Gasteiger partial charge is 0.497 e. The molecule has 164 valence electrons. The zero-order chi connectivity index (χ0) is 21.8. The van der Waals surface area contributed by atoms with Crippen LogP contribution in [-0.4, -0.2) is 55.4 Å². The Morgan fingerprint density at radius 3 is 2.52 bits per heavy atom. The smallest absolute Gasteiger partial charge is 0.270 e. The van der Waals surface area contributed by atoms with Gasteiger partial charge >= 0.3 is 0 Å². The molecule has 9 nitrogen and oxygen atoms in total. The van der Waals surface area contributed by atoms with E-state index in [0.717, 1.165) is 12.8 Å². The van der Waals surface area contributed by atoms with Crippen molar-refractivity contribution < 1.29 is 28.7 Å². The number of non-ortho nitro benzene ring substituents is 1. The number of carbonyl (C=O) groups excluding carboxylic acids is 1. The molecule has 2 aromatic carbocycles. The second kappa shape index (κ2) is 9.32. The van der Waals surface area contributed by atoms with Crippen LogP contribution in [0, 0.1) is 16.0 Å². The maximum atomic E-state index is 13.4. The van der Waals surface area contributed by atoms with E-state index in [-0.39, 0.29) is 35.1 Å². The highest BCUT2D eigenvalue weighted by molar-refractivity contribution is 5.97. The van der Waals surface area contributed by atoms with Gasteiger partial charge in [-0.3, -0.25) is 14.9 Å². The van der Waals surface area contributed by atoms with E-state index in [1.807, 2.05) is 0 Å². The van der Waals surface area contributed by atoms with Crippen LogP contribution in [0.25, 0.3) is 0 Å². The van der Waals surface area contributed by atoms with Crippen molar-refractivity contribution in [3.8, 4) is 17.2 Å². The molecule has 2 aliphatic heterocycles. The number of ether oxygens (including phenoxy) is 4. The van der Waals surface area contributed by atoms with Crippen molar-refractivity contribution in [2.45, 2.75) is 19.1 Å². The van der Waals surface area contributed by atoms with Crippen LogP contribution in [0.3, 0.4) is 0 Å². The minimum absolute atomic E-state index is 0.0739. The van der Waals surface area contributed by atoms with Gasteiger partial charge in [0.15, 0.2) is 6.29 Å². The van der Waals surface area contributed by atoms with E-state index in [1.54, 1.807) is 36.3 Å². The fourth-order valence-electron chi connectivity index (χ4n) is 3.89. The van der Waals surface area contributed by atoms with E-state index in [0.29, 0.717) is 37.8 Å². The van der Waals surface area contributed by atoms with Gasteiger partial charge in [0.2, 0.25) is 0 Å². The SMILES string of the molecule is COc1ccc(Oc2ccc([N+](=O)[O-])cc2C(=O)N2CCCC(C3OCCO3)C2)cc1. The van der Waals surface area contributed by atoms with Crippen molar-refractivity contribution in [1.29, 1.82) is 0 Å². The van der Waals surface area contributed by atoms with Gasteiger partial charge in [-0.1, -0.05) is 0 Å². The van der Waals surface area contributed by atoms with E-state index < -0.39 is 4.92 Å². The third kappa shape index (κ3) is 4.78. The molecule has 2 aromatic rings. The molecule has 0 aliphatic carbocycles. The first-order valence-corrected chi connectivity index (χ1v) is 10.2. The van der Waals surface area contributed by atoms with Crippen molar-refractivity contribution in [3.05, 3.63) is 58.1 Å². The van der Waals surface area contributed by atoms with Crippen LogP contribution in [0.15, 0.2) is 42.5 Å². The molecule has 0 N–H and O–H groups in total. The number of methoxy groups -OCH3 is 1. The molecular formula is C22H24N2O7. The highest BCUT2D eigenvalue weighted by Gasteiger charge is 2.34. The quantitative estimate of drug-likeness (QED) is 0.512. The van der Waals surface area contributed by atoms with Gasteiger partial charge < -0.3 is 23.8 Å². The number of likely N-dealkylation sites (tertiary alicyclic amines) is 1. The Morgan fingerprint density at radius 1 is 1.13 bits per heavy atom. The second-order valence-corrected chi connectivity index (χ2v) is 7.48. The maximum Gasteiger partial charge on any atom is 0.270 e. The number of rotatable bonds is 6. The highest BCUT2D eigenvalue weighted by Crippen LogP contribution is 2.32. The minimum atomic E-state index is -0.521. The zero-order valence-electron chi connectivity index (χ0n) is 17.2. The van der Waals surface area contributed by atoms with Crippen molar-refractivity contribution >= 4 is 11.6 Å². The molecule has 4 rings (SSSR count). The van der Waals surface area contributed by atoms with E-state index in [9.17, 15) is 14.9 Å². The van der Waals surface area contributed by atoms with Crippen LogP contribution in [0.1, 0.15) is 23.2 Å². The number of benzene rings is 2. The summed E-state index contributed by atoms with van der Waals surface area (Å²) < 4.78 is 22.3. The highest BCUT2D eigenvalue weighted by atomic mass is 16.7. The molecule has 1 amide bonds. The number of hydrogen-bond donors (Lipinski definition) is 0. The van der Waals surface area contributed by atoms with Gasteiger partial charge in [-0.2, -0.15) is 0 Å². The Balaban J connectivity index is 1.58. The molecule has 31 heavy (non-hydrogen) atoms. The van der Waals surface area contributed by atoms with Crippen molar-refractivity contribution in [2.75, 3.05) is 33.4 Å². The Bertz CT molecular complexity index is 941. The summed E-state index contributed by atoms with van der Waals surface area (Å²) in [4.78, 5) is 25.9. The first-order chi connectivity index (χ1) is 15.0. The molecule has 1 unspecified atom stereocenters.